The Morgan fingerprint density at radius 2 is 1.95 bits per heavy atom. The molecule has 0 aliphatic carbocycles. The van der Waals surface area contributed by atoms with Crippen molar-refractivity contribution in [1.29, 1.82) is 0 Å². The third-order valence-corrected chi connectivity index (χ3v) is 5.92. The van der Waals surface area contributed by atoms with Gasteiger partial charge in [0, 0.05) is 26.2 Å². The van der Waals surface area contributed by atoms with E-state index in [1.165, 1.54) is 8.61 Å². The van der Waals surface area contributed by atoms with Crippen LogP contribution in [0.25, 0.3) is 0 Å². The summed E-state index contributed by atoms with van der Waals surface area (Å²) in [7, 11) is -3.63. The highest BCUT2D eigenvalue weighted by Crippen LogP contribution is 2.30. The fraction of sp³-hybridized carbons (Fsp3) is 0.500. The predicted octanol–water partition coefficient (Wildman–Crippen LogP) is 1.26. The fourth-order valence-corrected chi connectivity index (χ4v) is 4.29. The van der Waals surface area contributed by atoms with Crippen molar-refractivity contribution in [1.82, 2.24) is 8.61 Å². The van der Waals surface area contributed by atoms with E-state index in [2.05, 4.69) is 0 Å². The highest BCUT2D eigenvalue weighted by molar-refractivity contribution is 7.86. The number of nitrogens with zero attached hydrogens (tertiary/aromatic N) is 2. The van der Waals surface area contributed by atoms with E-state index in [9.17, 15) is 18.3 Å². The molecule has 0 radical (unpaired) electrons. The van der Waals surface area contributed by atoms with Gasteiger partial charge >= 0.3 is 5.97 Å². The number of hydrogen-bond donors (Lipinski definition) is 1. The Kier molecular flexibility index (Phi) is 4.65. The quantitative estimate of drug-likeness (QED) is 0.888. The van der Waals surface area contributed by atoms with Crippen molar-refractivity contribution in [3.05, 3.63) is 35.4 Å². The predicted molar refractivity (Wildman–Crippen MR) is 79.1 cm³/mol. The van der Waals surface area contributed by atoms with Crippen LogP contribution in [0.4, 0.5) is 0 Å². The molecule has 0 saturated heterocycles. The van der Waals surface area contributed by atoms with Crippen molar-refractivity contribution in [2.24, 2.45) is 0 Å². The lowest BCUT2D eigenvalue weighted by Gasteiger charge is -2.34. The monoisotopic (exact) mass is 312 g/mol. The van der Waals surface area contributed by atoms with Crippen molar-refractivity contribution in [3.63, 3.8) is 0 Å². The van der Waals surface area contributed by atoms with E-state index < -0.39 is 22.1 Å². The number of aliphatic carboxylic acids is 1. The van der Waals surface area contributed by atoms with Crippen molar-refractivity contribution < 1.29 is 18.3 Å². The van der Waals surface area contributed by atoms with Crippen LogP contribution in [0.3, 0.4) is 0 Å². The molecule has 21 heavy (non-hydrogen) atoms. The topological polar surface area (TPSA) is 77.9 Å². The highest BCUT2D eigenvalue weighted by atomic mass is 32.2. The molecule has 1 heterocycles. The molecule has 1 atom stereocenters. The van der Waals surface area contributed by atoms with Gasteiger partial charge in [-0.15, -0.1) is 0 Å². The summed E-state index contributed by atoms with van der Waals surface area (Å²) in [5.74, 6) is -1.82. The molecule has 1 aliphatic heterocycles. The summed E-state index contributed by atoms with van der Waals surface area (Å²) in [6, 6.07) is 7.12. The summed E-state index contributed by atoms with van der Waals surface area (Å²) in [5, 5.41) is 9.39. The van der Waals surface area contributed by atoms with Crippen LogP contribution >= 0.6 is 0 Å². The van der Waals surface area contributed by atoms with Gasteiger partial charge in [0.1, 0.15) is 0 Å². The summed E-state index contributed by atoms with van der Waals surface area (Å²) in [5.41, 5.74) is 1.46. The Labute approximate surface area is 125 Å². The summed E-state index contributed by atoms with van der Waals surface area (Å²) in [6.07, 6.45) is 0. The zero-order chi connectivity index (χ0) is 15.6. The minimum atomic E-state index is -3.63. The molecule has 6 nitrogen and oxygen atoms in total. The number of fused-ring (bicyclic) bond motifs is 1. The van der Waals surface area contributed by atoms with E-state index in [0.717, 1.165) is 5.56 Å². The molecule has 1 aromatic rings. The normalized spacial score (nSPS) is 19.5. The van der Waals surface area contributed by atoms with Gasteiger partial charge in [0.25, 0.3) is 10.2 Å². The SMILES string of the molecule is CCN(CC)S(=O)(=O)N1Cc2ccccc2C(C(=O)O)C1. The lowest BCUT2D eigenvalue weighted by atomic mass is 9.91. The largest absolute Gasteiger partial charge is 0.481 e. The molecule has 1 unspecified atom stereocenters. The number of carboxylic acids is 1. The van der Waals surface area contributed by atoms with Crippen LogP contribution in [-0.4, -0.2) is 47.7 Å². The first-order valence-corrected chi connectivity index (χ1v) is 8.37. The van der Waals surface area contributed by atoms with Crippen LogP contribution in [0, 0.1) is 0 Å². The summed E-state index contributed by atoms with van der Waals surface area (Å²) < 4.78 is 27.8. The van der Waals surface area contributed by atoms with E-state index in [1.807, 2.05) is 0 Å². The smallest absolute Gasteiger partial charge is 0.312 e. The van der Waals surface area contributed by atoms with E-state index >= 15 is 0 Å². The van der Waals surface area contributed by atoms with Crippen LogP contribution in [0.1, 0.15) is 30.9 Å². The zero-order valence-electron chi connectivity index (χ0n) is 12.2. The highest BCUT2D eigenvalue weighted by Gasteiger charge is 2.37. The number of carboxylic acid groups (broad SMARTS) is 1. The van der Waals surface area contributed by atoms with E-state index in [-0.39, 0.29) is 13.1 Å². The Morgan fingerprint density at radius 1 is 1.33 bits per heavy atom. The second-order valence-corrected chi connectivity index (χ2v) is 6.90. The van der Waals surface area contributed by atoms with Crippen LogP contribution in [-0.2, 0) is 21.5 Å². The van der Waals surface area contributed by atoms with Gasteiger partial charge in [-0.05, 0) is 11.1 Å². The van der Waals surface area contributed by atoms with Crippen molar-refractivity contribution >= 4 is 16.2 Å². The maximum atomic E-state index is 12.6. The molecular weight excluding hydrogens is 292 g/mol. The molecule has 1 N–H and O–H groups in total. The van der Waals surface area contributed by atoms with Gasteiger partial charge in [0.2, 0.25) is 0 Å². The minimum absolute atomic E-state index is 0.0226. The Morgan fingerprint density at radius 3 is 2.52 bits per heavy atom. The molecule has 1 aliphatic rings. The second-order valence-electron chi connectivity index (χ2n) is 4.97. The standard InChI is InChI=1S/C14H20N2O4S/c1-3-15(4-2)21(19,20)16-9-11-7-5-6-8-12(11)13(10-16)14(17)18/h5-8,13H,3-4,9-10H2,1-2H3,(H,17,18). The molecule has 0 spiro atoms. The van der Waals surface area contributed by atoms with Crippen molar-refractivity contribution in [2.45, 2.75) is 26.3 Å². The van der Waals surface area contributed by atoms with Gasteiger partial charge < -0.3 is 5.11 Å². The Hall–Kier alpha value is -1.44. The lowest BCUT2D eigenvalue weighted by Crippen LogP contribution is -2.47. The van der Waals surface area contributed by atoms with Crippen LogP contribution < -0.4 is 0 Å². The number of hydrogen-bond acceptors (Lipinski definition) is 3. The van der Waals surface area contributed by atoms with Crippen LogP contribution in [0.2, 0.25) is 0 Å². The number of carbonyl (C=O) groups is 1. The van der Waals surface area contributed by atoms with Gasteiger partial charge in [-0.3, -0.25) is 4.79 Å². The minimum Gasteiger partial charge on any atom is -0.481 e. The van der Waals surface area contributed by atoms with Crippen LogP contribution in [0.15, 0.2) is 24.3 Å². The summed E-state index contributed by atoms with van der Waals surface area (Å²) in [4.78, 5) is 11.5. The van der Waals surface area contributed by atoms with Crippen molar-refractivity contribution in [2.75, 3.05) is 19.6 Å². The Balaban J connectivity index is 2.40. The zero-order valence-corrected chi connectivity index (χ0v) is 13.0. The average molecular weight is 312 g/mol. The molecule has 0 bridgehead atoms. The van der Waals surface area contributed by atoms with E-state index in [0.29, 0.717) is 18.7 Å². The maximum absolute atomic E-state index is 12.6. The second kappa shape index (κ2) is 6.13. The molecule has 0 saturated carbocycles. The fourth-order valence-electron chi connectivity index (χ4n) is 2.67. The summed E-state index contributed by atoms with van der Waals surface area (Å²) in [6.45, 7) is 4.48. The Bertz CT molecular complexity index is 626. The maximum Gasteiger partial charge on any atom is 0.312 e. The molecule has 0 fully saturated rings. The molecule has 0 aromatic heterocycles. The molecule has 2 rings (SSSR count). The number of benzene rings is 1. The van der Waals surface area contributed by atoms with E-state index in [4.69, 9.17) is 0 Å². The summed E-state index contributed by atoms with van der Waals surface area (Å²) >= 11 is 0. The molecule has 116 valence electrons. The molecular formula is C14H20N2O4S. The first-order valence-electron chi connectivity index (χ1n) is 6.97. The van der Waals surface area contributed by atoms with Gasteiger partial charge in [-0.1, -0.05) is 38.1 Å². The molecule has 0 amide bonds. The third kappa shape index (κ3) is 2.95. The van der Waals surface area contributed by atoms with Gasteiger partial charge in [-0.25, -0.2) is 0 Å². The average Bonchev–Trinajstić information content (AvgIpc) is 2.46. The number of rotatable bonds is 5. The van der Waals surface area contributed by atoms with E-state index in [1.54, 1.807) is 38.1 Å². The van der Waals surface area contributed by atoms with Crippen LogP contribution in [0.5, 0.6) is 0 Å². The van der Waals surface area contributed by atoms with Gasteiger partial charge in [0.15, 0.2) is 0 Å². The molecule has 1 aromatic carbocycles. The lowest BCUT2D eigenvalue weighted by molar-refractivity contribution is -0.139. The first kappa shape index (κ1) is 15.9. The van der Waals surface area contributed by atoms with Crippen molar-refractivity contribution in [3.8, 4) is 0 Å². The third-order valence-electron chi connectivity index (χ3n) is 3.82. The molecule has 7 heteroatoms. The van der Waals surface area contributed by atoms with Gasteiger partial charge in [-0.2, -0.15) is 17.0 Å². The van der Waals surface area contributed by atoms with Gasteiger partial charge in [0.05, 0.1) is 5.92 Å². The first-order chi connectivity index (χ1) is 9.91.